The smallest absolute Gasteiger partial charge is 0.325 e. The molecule has 1 N–H and O–H groups in total. The number of carbonyl (C=O) groups excluding carboxylic acids is 1. The van der Waals surface area contributed by atoms with Crippen LogP contribution >= 0.6 is 11.8 Å². The van der Waals surface area contributed by atoms with Gasteiger partial charge in [0, 0.05) is 6.04 Å². The molecule has 0 spiro atoms. The van der Waals surface area contributed by atoms with Crippen molar-refractivity contribution in [3.05, 3.63) is 0 Å². The predicted molar refractivity (Wildman–Crippen MR) is 78.0 cm³/mol. The van der Waals surface area contributed by atoms with Crippen LogP contribution < -0.4 is 5.32 Å². The van der Waals surface area contributed by atoms with Gasteiger partial charge in [-0.25, -0.2) is 0 Å². The van der Waals surface area contributed by atoms with E-state index in [4.69, 9.17) is 4.74 Å². The maximum Gasteiger partial charge on any atom is 0.325 e. The molecule has 1 rings (SSSR count). The standard InChI is InChI=1S/C14H27NO2S/c1-4-5-10-18-11-6-9-14(2,13(16)17-3)15-12-7-8-12/h12,15H,4-11H2,1-3H3. The molecule has 0 saturated heterocycles. The zero-order valence-corrected chi connectivity index (χ0v) is 12.8. The number of hydrogen-bond donors (Lipinski definition) is 1. The van der Waals surface area contributed by atoms with Crippen LogP contribution in [0.25, 0.3) is 0 Å². The lowest BCUT2D eigenvalue weighted by atomic mass is 9.96. The first kappa shape index (κ1) is 15.8. The van der Waals surface area contributed by atoms with Crippen LogP contribution in [0.3, 0.4) is 0 Å². The third kappa shape index (κ3) is 5.61. The maximum atomic E-state index is 11.9. The molecule has 0 amide bonds. The van der Waals surface area contributed by atoms with Gasteiger partial charge in [-0.15, -0.1) is 0 Å². The van der Waals surface area contributed by atoms with Gasteiger partial charge in [-0.2, -0.15) is 11.8 Å². The van der Waals surface area contributed by atoms with Crippen molar-refractivity contribution in [1.29, 1.82) is 0 Å². The molecule has 1 aliphatic carbocycles. The molecule has 0 aromatic carbocycles. The molecule has 0 aromatic rings. The molecule has 0 heterocycles. The molecule has 106 valence electrons. The maximum absolute atomic E-state index is 11.9. The van der Waals surface area contributed by atoms with Crippen LogP contribution in [0.1, 0.15) is 52.4 Å². The fraction of sp³-hybridized carbons (Fsp3) is 0.929. The summed E-state index contributed by atoms with van der Waals surface area (Å²) in [6.45, 7) is 4.20. The number of carbonyl (C=O) groups is 1. The van der Waals surface area contributed by atoms with Crippen LogP contribution in [-0.2, 0) is 9.53 Å². The van der Waals surface area contributed by atoms with E-state index in [0.717, 1.165) is 18.6 Å². The van der Waals surface area contributed by atoms with E-state index in [1.165, 1.54) is 38.5 Å². The van der Waals surface area contributed by atoms with Gasteiger partial charge in [-0.05, 0) is 50.5 Å². The first-order chi connectivity index (χ1) is 8.62. The van der Waals surface area contributed by atoms with Crippen molar-refractivity contribution in [2.75, 3.05) is 18.6 Å². The zero-order chi connectivity index (χ0) is 13.4. The van der Waals surface area contributed by atoms with Gasteiger partial charge in [-0.3, -0.25) is 10.1 Å². The molecule has 1 fully saturated rings. The van der Waals surface area contributed by atoms with Gasteiger partial charge in [0.25, 0.3) is 0 Å². The van der Waals surface area contributed by atoms with Crippen molar-refractivity contribution >= 4 is 17.7 Å². The van der Waals surface area contributed by atoms with Crippen LogP contribution in [0.2, 0.25) is 0 Å². The third-order valence-corrected chi connectivity index (χ3v) is 4.50. The summed E-state index contributed by atoms with van der Waals surface area (Å²) in [5.74, 6) is 2.26. The summed E-state index contributed by atoms with van der Waals surface area (Å²) in [5.41, 5.74) is -0.485. The second kappa shape index (κ2) is 8.05. The Morgan fingerprint density at radius 2 is 2.06 bits per heavy atom. The highest BCUT2D eigenvalue weighted by molar-refractivity contribution is 7.99. The Labute approximate surface area is 115 Å². The summed E-state index contributed by atoms with van der Waals surface area (Å²) in [5, 5.41) is 3.44. The number of methoxy groups -OCH3 is 1. The quantitative estimate of drug-likeness (QED) is 0.490. The van der Waals surface area contributed by atoms with E-state index in [1.54, 1.807) is 0 Å². The highest BCUT2D eigenvalue weighted by Crippen LogP contribution is 2.26. The minimum atomic E-state index is -0.485. The van der Waals surface area contributed by atoms with Crippen molar-refractivity contribution in [3.8, 4) is 0 Å². The van der Waals surface area contributed by atoms with Crippen LogP contribution in [0.5, 0.6) is 0 Å². The summed E-state index contributed by atoms with van der Waals surface area (Å²) >= 11 is 1.99. The zero-order valence-electron chi connectivity index (χ0n) is 12.0. The van der Waals surface area contributed by atoms with Gasteiger partial charge in [0.1, 0.15) is 5.54 Å². The van der Waals surface area contributed by atoms with E-state index in [1.807, 2.05) is 18.7 Å². The van der Waals surface area contributed by atoms with E-state index in [-0.39, 0.29) is 5.97 Å². The molecule has 1 saturated carbocycles. The molecule has 1 unspecified atom stereocenters. The highest BCUT2D eigenvalue weighted by atomic mass is 32.2. The molecular weight excluding hydrogens is 246 g/mol. The second-order valence-electron chi connectivity index (χ2n) is 5.31. The Morgan fingerprint density at radius 1 is 1.39 bits per heavy atom. The molecule has 3 nitrogen and oxygen atoms in total. The molecule has 0 aromatic heterocycles. The van der Waals surface area contributed by atoms with Crippen LogP contribution in [0, 0.1) is 0 Å². The Balaban J connectivity index is 2.25. The molecule has 18 heavy (non-hydrogen) atoms. The summed E-state index contributed by atoms with van der Waals surface area (Å²) in [4.78, 5) is 11.9. The normalized spacial score (nSPS) is 18.4. The Bertz CT molecular complexity index is 256. The number of ether oxygens (including phenoxy) is 1. The third-order valence-electron chi connectivity index (χ3n) is 3.34. The molecule has 1 atom stereocenters. The van der Waals surface area contributed by atoms with Crippen molar-refractivity contribution < 1.29 is 9.53 Å². The minimum absolute atomic E-state index is 0.118. The Hall–Kier alpha value is -0.220. The molecular formula is C14H27NO2S. The summed E-state index contributed by atoms with van der Waals surface area (Å²) < 4.78 is 4.93. The number of esters is 1. The summed E-state index contributed by atoms with van der Waals surface area (Å²) in [6, 6.07) is 0.529. The van der Waals surface area contributed by atoms with Gasteiger partial charge >= 0.3 is 5.97 Å². The number of rotatable bonds is 10. The van der Waals surface area contributed by atoms with Gasteiger partial charge in [0.05, 0.1) is 7.11 Å². The predicted octanol–water partition coefficient (Wildman–Crippen LogP) is 2.98. The lowest BCUT2D eigenvalue weighted by Gasteiger charge is -2.28. The SMILES string of the molecule is CCCCSCCCC(C)(NC1CC1)C(=O)OC. The topological polar surface area (TPSA) is 38.3 Å². The van der Waals surface area contributed by atoms with Crippen LogP contribution in [-0.4, -0.2) is 36.2 Å². The van der Waals surface area contributed by atoms with Gasteiger partial charge in [-0.1, -0.05) is 13.3 Å². The summed E-state index contributed by atoms with van der Waals surface area (Å²) in [7, 11) is 1.48. The summed E-state index contributed by atoms with van der Waals surface area (Å²) in [6.07, 6.45) is 6.88. The average Bonchev–Trinajstić information content (AvgIpc) is 3.16. The number of nitrogens with one attached hydrogen (secondary N) is 1. The molecule has 0 aliphatic heterocycles. The second-order valence-corrected chi connectivity index (χ2v) is 6.54. The van der Waals surface area contributed by atoms with Crippen LogP contribution in [0.4, 0.5) is 0 Å². The van der Waals surface area contributed by atoms with E-state index in [2.05, 4.69) is 12.2 Å². The number of thioether (sulfide) groups is 1. The van der Waals surface area contributed by atoms with Crippen molar-refractivity contribution in [3.63, 3.8) is 0 Å². The van der Waals surface area contributed by atoms with E-state index in [9.17, 15) is 4.79 Å². The first-order valence-electron chi connectivity index (χ1n) is 7.06. The number of hydrogen-bond acceptors (Lipinski definition) is 4. The monoisotopic (exact) mass is 273 g/mol. The van der Waals surface area contributed by atoms with Crippen molar-refractivity contribution in [2.24, 2.45) is 0 Å². The van der Waals surface area contributed by atoms with Crippen molar-refractivity contribution in [1.82, 2.24) is 5.32 Å². The number of unbranched alkanes of at least 4 members (excludes halogenated alkanes) is 1. The molecule has 0 bridgehead atoms. The van der Waals surface area contributed by atoms with Gasteiger partial charge in [0.15, 0.2) is 0 Å². The van der Waals surface area contributed by atoms with Crippen LogP contribution in [0.15, 0.2) is 0 Å². The Kier molecular flexibility index (Phi) is 7.08. The van der Waals surface area contributed by atoms with Gasteiger partial charge < -0.3 is 4.74 Å². The fourth-order valence-electron chi connectivity index (χ4n) is 2.01. The lowest BCUT2D eigenvalue weighted by molar-refractivity contribution is -0.148. The van der Waals surface area contributed by atoms with E-state index in [0.29, 0.717) is 6.04 Å². The van der Waals surface area contributed by atoms with E-state index >= 15 is 0 Å². The largest absolute Gasteiger partial charge is 0.468 e. The Morgan fingerprint density at radius 3 is 2.61 bits per heavy atom. The van der Waals surface area contributed by atoms with Gasteiger partial charge in [0.2, 0.25) is 0 Å². The minimum Gasteiger partial charge on any atom is -0.468 e. The fourth-order valence-corrected chi connectivity index (χ4v) is 3.06. The highest BCUT2D eigenvalue weighted by Gasteiger charge is 2.38. The molecule has 0 radical (unpaired) electrons. The molecule has 1 aliphatic rings. The lowest BCUT2D eigenvalue weighted by Crippen LogP contribution is -2.51. The first-order valence-corrected chi connectivity index (χ1v) is 8.21. The average molecular weight is 273 g/mol. The van der Waals surface area contributed by atoms with E-state index < -0.39 is 5.54 Å². The van der Waals surface area contributed by atoms with Crippen molar-refractivity contribution in [2.45, 2.75) is 64.0 Å². The molecule has 4 heteroatoms.